The number of hydrogen-bond acceptors (Lipinski definition) is 5. The average Bonchev–Trinajstić information content (AvgIpc) is 2.88. The van der Waals surface area contributed by atoms with Crippen LogP contribution in [0.2, 0.25) is 0 Å². The van der Waals surface area contributed by atoms with Crippen molar-refractivity contribution in [3.63, 3.8) is 0 Å². The molecule has 1 aliphatic rings. The SMILES string of the molecule is Cc1nnc(NC(=O)CN2C(=O)CC(C)(C)c3ccccc32)s1. The van der Waals surface area contributed by atoms with Gasteiger partial charge >= 0.3 is 0 Å². The molecule has 7 heteroatoms. The van der Waals surface area contributed by atoms with Gasteiger partial charge in [0.25, 0.3) is 0 Å². The topological polar surface area (TPSA) is 75.2 Å². The van der Waals surface area contributed by atoms with Gasteiger partial charge in [-0.05, 0) is 18.6 Å². The van der Waals surface area contributed by atoms with Crippen molar-refractivity contribution in [3.05, 3.63) is 34.8 Å². The smallest absolute Gasteiger partial charge is 0.246 e. The summed E-state index contributed by atoms with van der Waals surface area (Å²) in [5, 5.41) is 11.7. The maximum absolute atomic E-state index is 12.5. The molecule has 3 rings (SSSR count). The van der Waals surface area contributed by atoms with E-state index in [-0.39, 0.29) is 23.8 Å². The molecule has 1 aromatic heterocycles. The first-order chi connectivity index (χ1) is 10.9. The molecule has 6 nitrogen and oxygen atoms in total. The fraction of sp³-hybridized carbons (Fsp3) is 0.375. The first-order valence-corrected chi connectivity index (χ1v) is 8.18. The highest BCUT2D eigenvalue weighted by atomic mass is 32.1. The number of aromatic nitrogens is 2. The van der Waals surface area contributed by atoms with Crippen LogP contribution in [0.5, 0.6) is 0 Å². The lowest BCUT2D eigenvalue weighted by Crippen LogP contribution is -2.45. The summed E-state index contributed by atoms with van der Waals surface area (Å²) in [6, 6.07) is 7.74. The van der Waals surface area contributed by atoms with Crippen molar-refractivity contribution in [3.8, 4) is 0 Å². The van der Waals surface area contributed by atoms with E-state index in [4.69, 9.17) is 0 Å². The normalized spacial score (nSPS) is 16.1. The van der Waals surface area contributed by atoms with Crippen LogP contribution < -0.4 is 10.2 Å². The van der Waals surface area contributed by atoms with Crippen LogP contribution in [0.15, 0.2) is 24.3 Å². The number of nitrogens with zero attached hydrogens (tertiary/aromatic N) is 3. The van der Waals surface area contributed by atoms with Crippen LogP contribution in [0.4, 0.5) is 10.8 Å². The van der Waals surface area contributed by atoms with E-state index in [0.29, 0.717) is 11.6 Å². The van der Waals surface area contributed by atoms with Crippen molar-refractivity contribution >= 4 is 34.0 Å². The van der Waals surface area contributed by atoms with Gasteiger partial charge in [0.15, 0.2) is 0 Å². The molecular formula is C16H18N4O2S. The van der Waals surface area contributed by atoms with E-state index < -0.39 is 0 Å². The minimum absolute atomic E-state index is 0.0233. The highest BCUT2D eigenvalue weighted by Crippen LogP contribution is 2.39. The number of amides is 2. The molecule has 0 radical (unpaired) electrons. The van der Waals surface area contributed by atoms with Gasteiger partial charge in [0.05, 0.1) is 0 Å². The van der Waals surface area contributed by atoms with Gasteiger partial charge in [0.2, 0.25) is 16.9 Å². The predicted molar refractivity (Wildman–Crippen MR) is 89.7 cm³/mol. The van der Waals surface area contributed by atoms with Gasteiger partial charge < -0.3 is 4.90 Å². The van der Waals surface area contributed by atoms with Crippen LogP contribution in [-0.2, 0) is 15.0 Å². The zero-order valence-corrected chi connectivity index (χ0v) is 14.1. The van der Waals surface area contributed by atoms with Gasteiger partial charge in [-0.3, -0.25) is 14.9 Å². The number of nitrogens with one attached hydrogen (secondary N) is 1. The summed E-state index contributed by atoms with van der Waals surface area (Å²) in [7, 11) is 0. The molecule has 0 saturated heterocycles. The summed E-state index contributed by atoms with van der Waals surface area (Å²) in [6.07, 6.45) is 0.384. The Morgan fingerprint density at radius 3 is 2.78 bits per heavy atom. The minimum Gasteiger partial charge on any atom is -0.303 e. The van der Waals surface area contributed by atoms with Crippen LogP contribution >= 0.6 is 11.3 Å². The third-order valence-corrected chi connectivity index (χ3v) is 4.65. The van der Waals surface area contributed by atoms with E-state index in [2.05, 4.69) is 15.5 Å². The first kappa shape index (κ1) is 15.6. The quantitative estimate of drug-likeness (QED) is 0.938. The second-order valence-electron chi connectivity index (χ2n) is 6.23. The Balaban J connectivity index is 1.82. The molecule has 1 aliphatic heterocycles. The Morgan fingerprint density at radius 1 is 1.35 bits per heavy atom. The van der Waals surface area contributed by atoms with E-state index in [0.717, 1.165) is 16.3 Å². The highest BCUT2D eigenvalue weighted by Gasteiger charge is 2.37. The van der Waals surface area contributed by atoms with Crippen molar-refractivity contribution in [1.29, 1.82) is 0 Å². The predicted octanol–water partition coefficient (Wildman–Crippen LogP) is 2.50. The molecule has 120 valence electrons. The second kappa shape index (κ2) is 5.73. The van der Waals surface area contributed by atoms with Crippen LogP contribution in [0.1, 0.15) is 30.8 Å². The molecule has 0 saturated carbocycles. The lowest BCUT2D eigenvalue weighted by atomic mass is 9.77. The van der Waals surface area contributed by atoms with Crippen LogP contribution in [0.3, 0.4) is 0 Å². The van der Waals surface area contributed by atoms with Crippen molar-refractivity contribution in [1.82, 2.24) is 10.2 Å². The van der Waals surface area contributed by atoms with E-state index in [1.807, 2.05) is 45.0 Å². The summed E-state index contributed by atoms with van der Waals surface area (Å²) in [4.78, 5) is 26.3. The zero-order valence-electron chi connectivity index (χ0n) is 13.3. The van der Waals surface area contributed by atoms with Crippen molar-refractivity contribution in [2.24, 2.45) is 0 Å². The third kappa shape index (κ3) is 3.10. The number of para-hydroxylation sites is 1. The van der Waals surface area contributed by atoms with Gasteiger partial charge in [-0.15, -0.1) is 10.2 Å². The van der Waals surface area contributed by atoms with Gasteiger partial charge in [-0.1, -0.05) is 43.4 Å². The summed E-state index contributed by atoms with van der Waals surface area (Å²) in [5.74, 6) is -0.318. The highest BCUT2D eigenvalue weighted by molar-refractivity contribution is 7.15. The molecule has 0 fully saturated rings. The maximum Gasteiger partial charge on any atom is 0.246 e. The molecule has 1 N–H and O–H groups in total. The van der Waals surface area contributed by atoms with Crippen LogP contribution in [-0.4, -0.2) is 28.6 Å². The van der Waals surface area contributed by atoms with E-state index in [1.54, 1.807) is 4.90 Å². The molecule has 2 aromatic rings. The maximum atomic E-state index is 12.5. The lowest BCUT2D eigenvalue weighted by Gasteiger charge is -2.38. The number of fused-ring (bicyclic) bond motifs is 1. The Morgan fingerprint density at radius 2 is 2.09 bits per heavy atom. The average molecular weight is 330 g/mol. The number of benzene rings is 1. The summed E-state index contributed by atoms with van der Waals surface area (Å²) in [6.45, 7) is 5.89. The molecule has 2 heterocycles. The largest absolute Gasteiger partial charge is 0.303 e. The Labute approximate surface area is 138 Å². The molecule has 0 aliphatic carbocycles. The van der Waals surface area contributed by atoms with Crippen molar-refractivity contribution < 1.29 is 9.59 Å². The molecule has 0 unspecified atom stereocenters. The fourth-order valence-electron chi connectivity index (χ4n) is 2.81. The number of carbonyl (C=O) groups is 2. The lowest BCUT2D eigenvalue weighted by molar-refractivity contribution is -0.122. The first-order valence-electron chi connectivity index (χ1n) is 7.37. The molecule has 23 heavy (non-hydrogen) atoms. The summed E-state index contributed by atoms with van der Waals surface area (Å²) >= 11 is 1.31. The van der Waals surface area contributed by atoms with E-state index in [1.165, 1.54) is 11.3 Å². The molecule has 0 spiro atoms. The molecule has 0 atom stereocenters. The summed E-state index contributed by atoms with van der Waals surface area (Å²) in [5.41, 5.74) is 1.66. The monoisotopic (exact) mass is 330 g/mol. The van der Waals surface area contributed by atoms with Gasteiger partial charge in [-0.25, -0.2) is 0 Å². The van der Waals surface area contributed by atoms with Crippen molar-refractivity contribution in [2.45, 2.75) is 32.6 Å². The minimum atomic E-state index is -0.274. The third-order valence-electron chi connectivity index (χ3n) is 3.89. The number of anilines is 2. The fourth-order valence-corrected chi connectivity index (χ4v) is 3.42. The molecule has 1 aromatic carbocycles. The van der Waals surface area contributed by atoms with Gasteiger partial charge in [0.1, 0.15) is 11.6 Å². The molecule has 0 bridgehead atoms. The standard InChI is InChI=1S/C16H18N4O2S/c1-10-18-19-15(23-10)17-13(21)9-20-12-7-5-4-6-11(12)16(2,3)8-14(20)22/h4-7H,8-9H2,1-3H3,(H,17,19,21). The van der Waals surface area contributed by atoms with Gasteiger partial charge in [-0.2, -0.15) is 0 Å². The Hall–Kier alpha value is -2.28. The molecule has 2 amide bonds. The van der Waals surface area contributed by atoms with Crippen LogP contribution in [0, 0.1) is 6.92 Å². The van der Waals surface area contributed by atoms with Crippen molar-refractivity contribution in [2.75, 3.05) is 16.8 Å². The zero-order chi connectivity index (χ0) is 16.6. The Bertz CT molecular complexity index is 769. The summed E-state index contributed by atoms with van der Waals surface area (Å²) < 4.78 is 0. The second-order valence-corrected chi connectivity index (χ2v) is 7.41. The van der Waals surface area contributed by atoms with E-state index >= 15 is 0 Å². The number of rotatable bonds is 3. The number of hydrogen-bond donors (Lipinski definition) is 1. The Kier molecular flexibility index (Phi) is 3.89. The van der Waals surface area contributed by atoms with Gasteiger partial charge in [0, 0.05) is 17.5 Å². The van der Waals surface area contributed by atoms with Crippen LogP contribution in [0.25, 0.3) is 0 Å². The molecular weight excluding hydrogens is 312 g/mol. The van der Waals surface area contributed by atoms with E-state index in [9.17, 15) is 9.59 Å². The number of carbonyl (C=O) groups excluding carboxylic acids is 2. The number of aryl methyl sites for hydroxylation is 1.